The lowest BCUT2D eigenvalue weighted by molar-refractivity contribution is -0.108. The molecule has 0 saturated heterocycles. The van der Waals surface area contributed by atoms with Gasteiger partial charge in [0.15, 0.2) is 0 Å². The number of nitrogens with zero attached hydrogens (tertiary/aromatic N) is 1. The molecule has 1 aromatic carbocycles. The number of carbonyl (C=O) groups excluding carboxylic acids is 1. The summed E-state index contributed by atoms with van der Waals surface area (Å²) >= 11 is 0. The number of benzene rings is 1. The molecule has 1 aliphatic rings. The molecule has 16 heavy (non-hydrogen) atoms. The van der Waals surface area contributed by atoms with E-state index in [9.17, 15) is 4.79 Å². The molecule has 1 aromatic rings. The van der Waals surface area contributed by atoms with Crippen LogP contribution in [0.5, 0.6) is 0 Å². The quantitative estimate of drug-likeness (QED) is 0.723. The summed E-state index contributed by atoms with van der Waals surface area (Å²) in [5.74, 6) is 0.625. The molecule has 86 valence electrons. The Labute approximate surface area is 97.3 Å². The van der Waals surface area contributed by atoms with E-state index in [2.05, 4.69) is 43.0 Å². The second-order valence-corrected chi connectivity index (χ2v) is 4.94. The van der Waals surface area contributed by atoms with Crippen LogP contribution in [0.4, 0.5) is 5.69 Å². The first-order chi connectivity index (χ1) is 7.72. The lowest BCUT2D eigenvalue weighted by atomic mass is 10.1. The van der Waals surface area contributed by atoms with Crippen molar-refractivity contribution in [1.82, 2.24) is 0 Å². The molecular weight excluding hydrogens is 198 g/mol. The van der Waals surface area contributed by atoms with Crippen LogP contribution in [0, 0.1) is 5.92 Å². The largest absolute Gasteiger partial charge is 0.367 e. The number of anilines is 1. The number of carbonyl (C=O) groups is 1. The number of hydrogen-bond acceptors (Lipinski definition) is 2. The van der Waals surface area contributed by atoms with Gasteiger partial charge in [-0.2, -0.15) is 0 Å². The normalized spacial score (nSPS) is 18.9. The fraction of sp³-hybridized carbons (Fsp3) is 0.500. The van der Waals surface area contributed by atoms with Crippen molar-refractivity contribution in [2.24, 2.45) is 5.92 Å². The van der Waals surface area contributed by atoms with Crippen LogP contribution in [0.1, 0.15) is 25.8 Å². The van der Waals surface area contributed by atoms with Crippen molar-refractivity contribution in [3.8, 4) is 0 Å². The number of aldehydes is 1. The SMILES string of the molecule is CC(C)CN1c2ccccc2CC1CC=O. The molecule has 0 aromatic heterocycles. The molecule has 0 radical (unpaired) electrons. The van der Waals surface area contributed by atoms with Gasteiger partial charge in [0.2, 0.25) is 0 Å². The van der Waals surface area contributed by atoms with Gasteiger partial charge >= 0.3 is 0 Å². The summed E-state index contributed by atoms with van der Waals surface area (Å²) in [6.07, 6.45) is 2.70. The van der Waals surface area contributed by atoms with E-state index >= 15 is 0 Å². The van der Waals surface area contributed by atoms with Crippen LogP contribution in [0.15, 0.2) is 24.3 Å². The fourth-order valence-electron chi connectivity index (χ4n) is 2.49. The third-order valence-corrected chi connectivity index (χ3v) is 3.13. The maximum atomic E-state index is 10.7. The molecule has 1 atom stereocenters. The van der Waals surface area contributed by atoms with Gasteiger partial charge in [-0.15, -0.1) is 0 Å². The zero-order chi connectivity index (χ0) is 11.5. The molecule has 0 fully saturated rings. The molecule has 1 heterocycles. The highest BCUT2D eigenvalue weighted by atomic mass is 16.1. The van der Waals surface area contributed by atoms with Crippen LogP contribution < -0.4 is 4.90 Å². The minimum absolute atomic E-state index is 0.372. The lowest BCUT2D eigenvalue weighted by Crippen LogP contribution is -2.35. The van der Waals surface area contributed by atoms with E-state index in [1.54, 1.807) is 0 Å². The van der Waals surface area contributed by atoms with Crippen LogP contribution in [-0.4, -0.2) is 18.9 Å². The predicted octanol–water partition coefficient (Wildman–Crippen LogP) is 2.66. The summed E-state index contributed by atoms with van der Waals surface area (Å²) in [4.78, 5) is 13.1. The molecule has 0 spiro atoms. The smallest absolute Gasteiger partial charge is 0.122 e. The Morgan fingerprint density at radius 2 is 2.19 bits per heavy atom. The van der Waals surface area contributed by atoms with Crippen molar-refractivity contribution in [2.75, 3.05) is 11.4 Å². The zero-order valence-corrected chi connectivity index (χ0v) is 10.0. The molecule has 0 amide bonds. The van der Waals surface area contributed by atoms with Crippen molar-refractivity contribution in [2.45, 2.75) is 32.7 Å². The molecule has 0 bridgehead atoms. The standard InChI is InChI=1S/C14H19NO/c1-11(2)10-15-13(7-8-16)9-12-5-3-4-6-14(12)15/h3-6,8,11,13H,7,9-10H2,1-2H3. The number of para-hydroxylation sites is 1. The van der Waals surface area contributed by atoms with Crippen LogP contribution in [0.3, 0.4) is 0 Å². The van der Waals surface area contributed by atoms with Gasteiger partial charge in [0, 0.05) is 24.7 Å². The highest BCUT2D eigenvalue weighted by Gasteiger charge is 2.28. The fourth-order valence-corrected chi connectivity index (χ4v) is 2.49. The molecule has 2 nitrogen and oxygen atoms in total. The minimum Gasteiger partial charge on any atom is -0.367 e. The maximum absolute atomic E-state index is 10.7. The van der Waals surface area contributed by atoms with E-state index < -0.39 is 0 Å². The summed E-state index contributed by atoms with van der Waals surface area (Å²) in [6, 6.07) is 8.87. The van der Waals surface area contributed by atoms with Crippen molar-refractivity contribution in [3.05, 3.63) is 29.8 Å². The van der Waals surface area contributed by atoms with Crippen LogP contribution in [0.25, 0.3) is 0 Å². The Bertz CT molecular complexity index is 373. The summed E-state index contributed by atoms with van der Waals surface area (Å²) in [7, 11) is 0. The average Bonchev–Trinajstić information content (AvgIpc) is 2.57. The number of fused-ring (bicyclic) bond motifs is 1. The monoisotopic (exact) mass is 217 g/mol. The van der Waals surface area contributed by atoms with Gasteiger partial charge in [0.1, 0.15) is 6.29 Å². The second-order valence-electron chi connectivity index (χ2n) is 4.94. The van der Waals surface area contributed by atoms with Crippen LogP contribution in [-0.2, 0) is 11.2 Å². The van der Waals surface area contributed by atoms with Gasteiger partial charge in [-0.25, -0.2) is 0 Å². The van der Waals surface area contributed by atoms with Gasteiger partial charge in [0.05, 0.1) is 0 Å². The van der Waals surface area contributed by atoms with E-state index in [0.717, 1.165) is 19.3 Å². The van der Waals surface area contributed by atoms with E-state index in [1.165, 1.54) is 11.3 Å². The van der Waals surface area contributed by atoms with Gasteiger partial charge in [0.25, 0.3) is 0 Å². The minimum atomic E-state index is 0.372. The maximum Gasteiger partial charge on any atom is 0.122 e. The van der Waals surface area contributed by atoms with Crippen molar-refractivity contribution >= 4 is 12.0 Å². The van der Waals surface area contributed by atoms with Gasteiger partial charge in [-0.1, -0.05) is 32.0 Å². The molecule has 2 heteroatoms. The number of hydrogen-bond donors (Lipinski definition) is 0. The Kier molecular flexibility index (Phi) is 3.28. The summed E-state index contributed by atoms with van der Waals surface area (Å²) in [6.45, 7) is 5.48. The second kappa shape index (κ2) is 4.69. The summed E-state index contributed by atoms with van der Waals surface area (Å²) in [5.41, 5.74) is 2.71. The first-order valence-electron chi connectivity index (χ1n) is 6.00. The number of rotatable bonds is 4. The van der Waals surface area contributed by atoms with Crippen molar-refractivity contribution in [3.63, 3.8) is 0 Å². The molecule has 2 rings (SSSR count). The lowest BCUT2D eigenvalue weighted by Gasteiger charge is -2.28. The van der Waals surface area contributed by atoms with Crippen LogP contribution in [0.2, 0.25) is 0 Å². The molecule has 0 saturated carbocycles. The van der Waals surface area contributed by atoms with Crippen LogP contribution >= 0.6 is 0 Å². The topological polar surface area (TPSA) is 20.3 Å². The van der Waals surface area contributed by atoms with Crippen molar-refractivity contribution in [1.29, 1.82) is 0 Å². The van der Waals surface area contributed by atoms with Gasteiger partial charge < -0.3 is 9.69 Å². The zero-order valence-electron chi connectivity index (χ0n) is 10.0. The first kappa shape index (κ1) is 11.2. The average molecular weight is 217 g/mol. The van der Waals surface area contributed by atoms with E-state index in [-0.39, 0.29) is 0 Å². The Morgan fingerprint density at radius 1 is 1.44 bits per heavy atom. The third kappa shape index (κ3) is 2.11. The first-order valence-corrected chi connectivity index (χ1v) is 6.00. The van der Waals surface area contributed by atoms with E-state index in [0.29, 0.717) is 18.4 Å². The highest BCUT2D eigenvalue weighted by molar-refractivity contribution is 5.62. The summed E-state index contributed by atoms with van der Waals surface area (Å²) < 4.78 is 0. The molecule has 0 aliphatic carbocycles. The predicted molar refractivity (Wildman–Crippen MR) is 66.8 cm³/mol. The van der Waals surface area contributed by atoms with E-state index in [4.69, 9.17) is 0 Å². The Morgan fingerprint density at radius 3 is 2.88 bits per heavy atom. The Balaban J connectivity index is 2.24. The van der Waals surface area contributed by atoms with Gasteiger partial charge in [-0.05, 0) is 24.0 Å². The van der Waals surface area contributed by atoms with Gasteiger partial charge in [-0.3, -0.25) is 0 Å². The molecular formula is C14H19NO. The summed E-state index contributed by atoms with van der Waals surface area (Å²) in [5, 5.41) is 0. The van der Waals surface area contributed by atoms with Crippen molar-refractivity contribution < 1.29 is 4.79 Å². The third-order valence-electron chi connectivity index (χ3n) is 3.13. The molecule has 1 unspecified atom stereocenters. The highest BCUT2D eigenvalue weighted by Crippen LogP contribution is 2.33. The molecule has 0 N–H and O–H groups in total. The van der Waals surface area contributed by atoms with E-state index in [1.807, 2.05) is 0 Å². The molecule has 1 aliphatic heterocycles. The Hall–Kier alpha value is -1.31.